The van der Waals surface area contributed by atoms with Crippen LogP contribution in [0.5, 0.6) is 0 Å². The van der Waals surface area contributed by atoms with Gasteiger partial charge in [0.15, 0.2) is 0 Å². The van der Waals surface area contributed by atoms with E-state index in [4.69, 9.17) is 11.5 Å². The number of halogens is 1. The largest absolute Gasteiger partial charge is 0.338 e. The molecule has 0 bridgehead atoms. The molecule has 0 N–H and O–H groups in total. The molecule has 0 spiro atoms. The fourth-order valence-corrected chi connectivity index (χ4v) is 0.500. The maximum absolute atomic E-state index is 5.14. The zero-order valence-electron chi connectivity index (χ0n) is 8.23. The highest BCUT2D eigenvalue weighted by atomic mass is 35.5. The summed E-state index contributed by atoms with van der Waals surface area (Å²) in [5, 5.41) is 0. The standard InChI is InChI=1S/C6H14.C2H6BClN/c1-3-5-6-4-2;1-5(2)3-4/h3-6H2,1-2H3;1-2H3. The van der Waals surface area contributed by atoms with Gasteiger partial charge in [-0.1, -0.05) is 39.5 Å². The second kappa shape index (κ2) is 12.9. The van der Waals surface area contributed by atoms with Crippen LogP contribution in [-0.2, 0) is 0 Å². The maximum atomic E-state index is 5.14. The monoisotopic (exact) mass is 176 g/mol. The van der Waals surface area contributed by atoms with Crippen LogP contribution in [0.25, 0.3) is 0 Å². The van der Waals surface area contributed by atoms with Crippen LogP contribution in [-0.4, -0.2) is 25.7 Å². The van der Waals surface area contributed by atoms with Gasteiger partial charge in [-0.15, -0.1) is 0 Å². The van der Waals surface area contributed by atoms with Gasteiger partial charge in [0.05, 0.1) is 0 Å². The first-order valence-electron chi connectivity index (χ1n) is 4.29. The lowest BCUT2D eigenvalue weighted by atomic mass is 10.2. The van der Waals surface area contributed by atoms with Crippen molar-refractivity contribution in [2.24, 2.45) is 0 Å². The minimum Gasteiger partial charge on any atom is -0.338 e. The Morgan fingerprint density at radius 2 is 1.36 bits per heavy atom. The van der Waals surface area contributed by atoms with E-state index in [1.165, 1.54) is 32.5 Å². The Morgan fingerprint density at radius 1 is 1.09 bits per heavy atom. The Balaban J connectivity index is 0. The predicted molar refractivity (Wildman–Crippen MR) is 55.1 cm³/mol. The molecular formula is C8H20BClN. The highest BCUT2D eigenvalue weighted by molar-refractivity contribution is 6.91. The first kappa shape index (κ1) is 13.9. The summed E-state index contributed by atoms with van der Waals surface area (Å²) in [6.45, 7) is 5.94. The summed E-state index contributed by atoms with van der Waals surface area (Å²) >= 11 is 5.14. The van der Waals surface area contributed by atoms with Gasteiger partial charge in [0.2, 0.25) is 0 Å². The molecule has 0 aliphatic carbocycles. The van der Waals surface area contributed by atoms with Crippen molar-refractivity contribution in [2.45, 2.75) is 39.5 Å². The van der Waals surface area contributed by atoms with E-state index in [9.17, 15) is 0 Å². The zero-order chi connectivity index (χ0) is 9.11. The Bertz CT molecular complexity index is 56.1. The van der Waals surface area contributed by atoms with Crippen molar-refractivity contribution in [3.05, 3.63) is 0 Å². The molecule has 0 saturated heterocycles. The number of nitrogens with zero attached hydrogens (tertiary/aromatic N) is 1. The smallest absolute Gasteiger partial charge is 0.334 e. The van der Waals surface area contributed by atoms with Crippen molar-refractivity contribution in [3.63, 3.8) is 0 Å². The molecule has 0 aromatic rings. The van der Waals surface area contributed by atoms with Crippen LogP contribution in [0.2, 0.25) is 0 Å². The van der Waals surface area contributed by atoms with Gasteiger partial charge in [0.25, 0.3) is 0 Å². The number of hydrogen-bond acceptors (Lipinski definition) is 1. The molecular weight excluding hydrogens is 156 g/mol. The van der Waals surface area contributed by atoms with Crippen LogP contribution < -0.4 is 0 Å². The topological polar surface area (TPSA) is 3.24 Å². The molecule has 0 aromatic heterocycles. The zero-order valence-corrected chi connectivity index (χ0v) is 8.99. The second-order valence-corrected chi connectivity index (χ2v) is 2.96. The van der Waals surface area contributed by atoms with E-state index < -0.39 is 0 Å². The lowest BCUT2D eigenvalue weighted by molar-refractivity contribution is 0.673. The Hall–Kier alpha value is 0.315. The third-order valence-corrected chi connectivity index (χ3v) is 1.54. The summed E-state index contributed by atoms with van der Waals surface area (Å²) < 4.78 is 0. The first-order valence-corrected chi connectivity index (χ1v) is 4.72. The molecule has 0 amide bonds. The molecule has 0 aliphatic heterocycles. The normalized spacial score (nSPS) is 8.91. The van der Waals surface area contributed by atoms with Crippen molar-refractivity contribution in [3.8, 4) is 0 Å². The molecule has 1 nitrogen and oxygen atoms in total. The number of unbranched alkanes of at least 4 members (excludes halogenated alkanes) is 3. The molecule has 0 aliphatic rings. The molecule has 67 valence electrons. The minimum absolute atomic E-state index is 1.36. The average molecular weight is 177 g/mol. The van der Waals surface area contributed by atoms with Gasteiger partial charge in [-0.05, 0) is 14.1 Å². The van der Waals surface area contributed by atoms with Crippen LogP contribution in [0.1, 0.15) is 39.5 Å². The summed E-state index contributed by atoms with van der Waals surface area (Å²) in [5.41, 5.74) is 0. The molecule has 0 saturated carbocycles. The third-order valence-electron chi connectivity index (χ3n) is 1.15. The Kier molecular flexibility index (Phi) is 16.3. The van der Waals surface area contributed by atoms with Gasteiger partial charge < -0.3 is 4.81 Å². The summed E-state index contributed by atoms with van der Waals surface area (Å²) in [5.74, 6) is 0. The second-order valence-electron chi connectivity index (χ2n) is 2.77. The van der Waals surface area contributed by atoms with Gasteiger partial charge in [-0.25, -0.2) is 0 Å². The van der Waals surface area contributed by atoms with E-state index in [0.29, 0.717) is 0 Å². The molecule has 3 heteroatoms. The van der Waals surface area contributed by atoms with Crippen LogP contribution in [0, 0.1) is 0 Å². The van der Waals surface area contributed by atoms with Gasteiger partial charge in [0, 0.05) is 0 Å². The van der Waals surface area contributed by atoms with E-state index in [-0.39, 0.29) is 0 Å². The van der Waals surface area contributed by atoms with Gasteiger partial charge in [-0.3, -0.25) is 0 Å². The van der Waals surface area contributed by atoms with Crippen LogP contribution >= 0.6 is 11.5 Å². The summed E-state index contributed by atoms with van der Waals surface area (Å²) in [6, 6.07) is 0. The van der Waals surface area contributed by atoms with Crippen molar-refractivity contribution in [2.75, 3.05) is 14.1 Å². The highest BCUT2D eigenvalue weighted by Crippen LogP contribution is 1.95. The van der Waals surface area contributed by atoms with Crippen molar-refractivity contribution in [1.29, 1.82) is 0 Å². The maximum Gasteiger partial charge on any atom is 0.334 e. The molecule has 11 heavy (non-hydrogen) atoms. The van der Waals surface area contributed by atoms with Gasteiger partial charge >= 0.3 is 6.83 Å². The minimum atomic E-state index is 1.36. The fourth-order valence-electron chi connectivity index (χ4n) is 0.500. The summed E-state index contributed by atoms with van der Waals surface area (Å²) in [4.78, 5) is 1.77. The lowest BCUT2D eigenvalue weighted by Crippen LogP contribution is -2.10. The van der Waals surface area contributed by atoms with Crippen LogP contribution in [0.15, 0.2) is 0 Å². The molecule has 1 radical (unpaired) electrons. The number of rotatable bonds is 4. The molecule has 0 aromatic carbocycles. The summed E-state index contributed by atoms with van der Waals surface area (Å²) in [7, 11) is 3.74. The Morgan fingerprint density at radius 3 is 1.45 bits per heavy atom. The SMILES string of the molecule is CCCCCC.CN(C)[B]Cl. The third kappa shape index (κ3) is 25.2. The van der Waals surface area contributed by atoms with Crippen molar-refractivity contribution in [1.82, 2.24) is 4.81 Å². The summed E-state index contributed by atoms with van der Waals surface area (Å²) in [6.07, 6.45) is 5.54. The molecule has 0 rings (SSSR count). The molecule has 0 heterocycles. The molecule has 0 unspecified atom stereocenters. The number of hydrogen-bond donors (Lipinski definition) is 0. The molecule has 0 fully saturated rings. The van der Waals surface area contributed by atoms with E-state index in [1.807, 2.05) is 14.1 Å². The van der Waals surface area contributed by atoms with Crippen molar-refractivity contribution >= 4 is 18.3 Å². The van der Waals surface area contributed by atoms with Crippen molar-refractivity contribution < 1.29 is 0 Å². The fraction of sp³-hybridized carbons (Fsp3) is 1.00. The predicted octanol–water partition coefficient (Wildman–Crippen LogP) is 2.91. The van der Waals surface area contributed by atoms with E-state index >= 15 is 0 Å². The van der Waals surface area contributed by atoms with Gasteiger partial charge in [-0.2, -0.15) is 11.5 Å². The average Bonchev–Trinajstić information content (AvgIpc) is 2.02. The molecule has 0 atom stereocenters. The van der Waals surface area contributed by atoms with Gasteiger partial charge in [0.1, 0.15) is 0 Å². The van der Waals surface area contributed by atoms with Crippen LogP contribution in [0.3, 0.4) is 0 Å². The first-order chi connectivity index (χ1) is 5.18. The van der Waals surface area contributed by atoms with E-state index in [0.717, 1.165) is 0 Å². The van der Waals surface area contributed by atoms with E-state index in [1.54, 1.807) is 4.81 Å². The lowest BCUT2D eigenvalue weighted by Gasteiger charge is -1.95. The van der Waals surface area contributed by atoms with E-state index in [2.05, 4.69) is 13.8 Å². The highest BCUT2D eigenvalue weighted by Gasteiger charge is 1.80. The Labute approximate surface area is 77.3 Å². The van der Waals surface area contributed by atoms with Crippen LogP contribution in [0.4, 0.5) is 0 Å². The quantitative estimate of drug-likeness (QED) is 0.470.